The van der Waals surface area contributed by atoms with E-state index in [1.165, 1.54) is 86.2 Å². The van der Waals surface area contributed by atoms with Gasteiger partial charge in [0.25, 0.3) is 0 Å². The van der Waals surface area contributed by atoms with Crippen LogP contribution in [0.1, 0.15) is 26.3 Å². The van der Waals surface area contributed by atoms with Crippen LogP contribution in [-0.2, 0) is 5.41 Å². The number of para-hydroxylation sites is 2. The second kappa shape index (κ2) is 10.4. The van der Waals surface area contributed by atoms with Gasteiger partial charge < -0.3 is 9.13 Å². The minimum absolute atomic E-state index is 0.145. The molecular weight excluding hydrogens is 613 g/mol. The Labute approximate surface area is 289 Å². The second-order valence-corrected chi connectivity index (χ2v) is 15.3. The highest BCUT2D eigenvalue weighted by atomic mass is 32.1. The number of nitrogens with zero attached hydrogens (tertiary/aromatic N) is 2. The highest BCUT2D eigenvalue weighted by molar-refractivity contribution is 7.25. The lowest BCUT2D eigenvalue weighted by Gasteiger charge is -2.19. The highest BCUT2D eigenvalue weighted by Gasteiger charge is 2.18. The van der Waals surface area contributed by atoms with E-state index in [2.05, 4.69) is 182 Å². The van der Waals surface area contributed by atoms with Gasteiger partial charge in [0.1, 0.15) is 0 Å². The lowest BCUT2D eigenvalue weighted by atomic mass is 9.86. The van der Waals surface area contributed by atoms with Crippen molar-refractivity contribution in [2.24, 2.45) is 0 Å². The molecule has 0 aliphatic carbocycles. The average molecular weight is 647 g/mol. The van der Waals surface area contributed by atoms with Crippen LogP contribution in [0.5, 0.6) is 0 Å². The van der Waals surface area contributed by atoms with Crippen LogP contribution < -0.4 is 0 Å². The largest absolute Gasteiger partial charge is 0.309 e. The monoisotopic (exact) mass is 646 g/mol. The Balaban J connectivity index is 1.15. The zero-order valence-electron chi connectivity index (χ0n) is 27.7. The molecule has 0 radical (unpaired) electrons. The van der Waals surface area contributed by atoms with Gasteiger partial charge >= 0.3 is 0 Å². The van der Waals surface area contributed by atoms with E-state index in [0.29, 0.717) is 0 Å². The normalized spacial score (nSPS) is 12.4. The van der Waals surface area contributed by atoms with Crippen LogP contribution in [0.2, 0.25) is 0 Å². The molecule has 0 spiro atoms. The van der Waals surface area contributed by atoms with E-state index in [-0.39, 0.29) is 5.41 Å². The van der Waals surface area contributed by atoms with Crippen LogP contribution >= 0.6 is 11.3 Å². The summed E-state index contributed by atoms with van der Waals surface area (Å²) in [7, 11) is 0. The maximum Gasteiger partial charge on any atom is 0.0548 e. The maximum absolute atomic E-state index is 2.46. The molecule has 49 heavy (non-hydrogen) atoms. The Bertz CT molecular complexity index is 2890. The SMILES string of the molecule is CC(C)(C)c1ccc(-c2ccc(-n3c4ccccc4c4cc(-n5c6ccccc6c6cc7sc8ccccc8c7cc65)ccc43)cc2)cc1. The fourth-order valence-electron chi connectivity index (χ4n) is 7.81. The van der Waals surface area contributed by atoms with Gasteiger partial charge in [0, 0.05) is 53.1 Å². The molecule has 3 heteroatoms. The van der Waals surface area contributed by atoms with Gasteiger partial charge in [-0.15, -0.1) is 11.3 Å². The molecule has 3 heterocycles. The second-order valence-electron chi connectivity index (χ2n) is 14.2. The van der Waals surface area contributed by atoms with Gasteiger partial charge in [-0.1, -0.05) is 112 Å². The number of hydrogen-bond donors (Lipinski definition) is 0. The summed E-state index contributed by atoms with van der Waals surface area (Å²) in [6.07, 6.45) is 0. The number of hydrogen-bond acceptors (Lipinski definition) is 1. The van der Waals surface area contributed by atoms with E-state index < -0.39 is 0 Å². The van der Waals surface area contributed by atoms with E-state index in [4.69, 9.17) is 0 Å². The molecule has 0 aliphatic rings. The molecule has 0 aliphatic heterocycles. The Morgan fingerprint density at radius 3 is 1.59 bits per heavy atom. The number of fused-ring (bicyclic) bond motifs is 9. The van der Waals surface area contributed by atoms with Crippen molar-refractivity contribution in [2.45, 2.75) is 26.2 Å². The molecule has 0 saturated heterocycles. The first kappa shape index (κ1) is 28.4. The van der Waals surface area contributed by atoms with E-state index in [0.717, 1.165) is 5.69 Å². The molecule has 10 aromatic rings. The maximum atomic E-state index is 2.46. The zero-order valence-corrected chi connectivity index (χ0v) is 28.6. The smallest absolute Gasteiger partial charge is 0.0548 e. The van der Waals surface area contributed by atoms with Crippen LogP contribution in [0.25, 0.3) is 86.3 Å². The fourth-order valence-corrected chi connectivity index (χ4v) is 8.94. The van der Waals surface area contributed by atoms with Crippen molar-refractivity contribution in [3.63, 3.8) is 0 Å². The molecule has 234 valence electrons. The topological polar surface area (TPSA) is 9.86 Å². The van der Waals surface area contributed by atoms with E-state index in [9.17, 15) is 0 Å². The number of aromatic nitrogens is 2. The standard InChI is InChI=1S/C46H34N2S/c1-46(2,3)31-20-16-29(17-21-31)30-18-22-32(23-19-30)47-40-13-7-4-10-34(40)37-26-33(24-25-42(37)47)48-41-14-8-5-11-35(41)38-28-45-39(27-43(38)48)36-12-6-9-15-44(36)49-45/h4-28H,1-3H3. The van der Waals surface area contributed by atoms with E-state index in [1.54, 1.807) is 0 Å². The van der Waals surface area contributed by atoms with Crippen LogP contribution in [0.4, 0.5) is 0 Å². The quantitative estimate of drug-likeness (QED) is 0.181. The first-order valence-electron chi connectivity index (χ1n) is 17.0. The van der Waals surface area contributed by atoms with Crippen molar-refractivity contribution >= 4 is 75.1 Å². The summed E-state index contributed by atoms with van der Waals surface area (Å²) in [5, 5.41) is 7.74. The minimum atomic E-state index is 0.145. The lowest BCUT2D eigenvalue weighted by molar-refractivity contribution is 0.590. The summed E-state index contributed by atoms with van der Waals surface area (Å²) in [5.41, 5.74) is 11.2. The average Bonchev–Trinajstić information content (AvgIpc) is 3.77. The Morgan fingerprint density at radius 2 is 0.918 bits per heavy atom. The molecule has 0 amide bonds. The molecule has 0 atom stereocenters. The molecule has 2 nitrogen and oxygen atoms in total. The molecule has 0 fully saturated rings. The predicted molar refractivity (Wildman–Crippen MR) is 212 cm³/mol. The van der Waals surface area contributed by atoms with Gasteiger partial charge in [-0.3, -0.25) is 0 Å². The molecule has 3 aromatic heterocycles. The molecule has 7 aromatic carbocycles. The third kappa shape index (κ3) is 4.32. The van der Waals surface area contributed by atoms with Crippen LogP contribution in [-0.4, -0.2) is 9.13 Å². The third-order valence-corrected chi connectivity index (χ3v) is 11.4. The summed E-state index contributed by atoms with van der Waals surface area (Å²) in [6, 6.07) is 56.3. The van der Waals surface area contributed by atoms with Crippen LogP contribution in [0.3, 0.4) is 0 Å². The molecule has 0 bridgehead atoms. The number of benzene rings is 7. The van der Waals surface area contributed by atoms with Gasteiger partial charge in [-0.25, -0.2) is 0 Å². The van der Waals surface area contributed by atoms with Crippen LogP contribution in [0.15, 0.2) is 152 Å². The van der Waals surface area contributed by atoms with Gasteiger partial charge in [-0.2, -0.15) is 0 Å². The molecule has 0 saturated carbocycles. The Kier molecular flexibility index (Phi) is 6.04. The van der Waals surface area contributed by atoms with Crippen molar-refractivity contribution in [3.05, 3.63) is 157 Å². The third-order valence-electron chi connectivity index (χ3n) is 10.3. The Morgan fingerprint density at radius 1 is 0.388 bits per heavy atom. The lowest BCUT2D eigenvalue weighted by Crippen LogP contribution is -2.10. The van der Waals surface area contributed by atoms with E-state index >= 15 is 0 Å². The summed E-state index contributed by atoms with van der Waals surface area (Å²) in [4.78, 5) is 0. The Hall–Kier alpha value is -5.64. The molecule has 0 unspecified atom stereocenters. The van der Waals surface area contributed by atoms with Crippen molar-refractivity contribution < 1.29 is 0 Å². The number of thiophene rings is 1. The first-order valence-corrected chi connectivity index (χ1v) is 17.8. The molecule has 10 rings (SSSR count). The van der Waals surface area contributed by atoms with E-state index in [1.807, 2.05) is 11.3 Å². The molecule has 0 N–H and O–H groups in total. The van der Waals surface area contributed by atoms with Gasteiger partial charge in [0.05, 0.1) is 22.1 Å². The summed E-state index contributed by atoms with van der Waals surface area (Å²) < 4.78 is 7.54. The first-order chi connectivity index (χ1) is 23.9. The summed E-state index contributed by atoms with van der Waals surface area (Å²) in [6.45, 7) is 6.79. The number of rotatable bonds is 3. The molecular formula is C46H34N2S. The van der Waals surface area contributed by atoms with Gasteiger partial charge in [0.2, 0.25) is 0 Å². The minimum Gasteiger partial charge on any atom is -0.309 e. The predicted octanol–water partition coefficient (Wildman–Crippen LogP) is 13.2. The van der Waals surface area contributed by atoms with Crippen molar-refractivity contribution in [1.29, 1.82) is 0 Å². The summed E-state index contributed by atoms with van der Waals surface area (Å²) >= 11 is 1.88. The van der Waals surface area contributed by atoms with Crippen molar-refractivity contribution in [3.8, 4) is 22.5 Å². The highest BCUT2D eigenvalue weighted by Crippen LogP contribution is 2.42. The van der Waals surface area contributed by atoms with Crippen LogP contribution in [0, 0.1) is 0 Å². The zero-order chi connectivity index (χ0) is 32.9. The van der Waals surface area contributed by atoms with Crippen molar-refractivity contribution in [1.82, 2.24) is 9.13 Å². The van der Waals surface area contributed by atoms with Crippen molar-refractivity contribution in [2.75, 3.05) is 0 Å². The van der Waals surface area contributed by atoms with Gasteiger partial charge in [0.15, 0.2) is 0 Å². The fraction of sp³-hybridized carbons (Fsp3) is 0.0870. The summed E-state index contributed by atoms with van der Waals surface area (Å²) in [5.74, 6) is 0. The van der Waals surface area contributed by atoms with Gasteiger partial charge in [-0.05, 0) is 82.8 Å².